The molecule has 27 heavy (non-hydrogen) atoms. The average Bonchev–Trinajstić information content (AvgIpc) is 3.14. The molecule has 0 radical (unpaired) electrons. The van der Waals surface area contributed by atoms with Gasteiger partial charge in [0.2, 0.25) is 0 Å². The van der Waals surface area contributed by atoms with Crippen LogP contribution in [0.15, 0.2) is 77.7 Å². The van der Waals surface area contributed by atoms with Crippen LogP contribution in [-0.2, 0) is 0 Å². The maximum atomic E-state index is 5.91. The topological polar surface area (TPSA) is 55.3 Å². The number of nitrogen functional groups attached to an aromatic ring is 2. The van der Waals surface area contributed by atoms with Crippen molar-refractivity contribution in [1.29, 1.82) is 0 Å². The molecule has 3 nitrogen and oxygen atoms in total. The molecule has 4 rings (SSSR count). The molecule has 3 aromatic rings. The standard InChI is InChI=1S/C23H25N3S/c1-27-21-12-10-20(11-13-21)26-22(16-2-6-18(24)7-3-16)14-15-23(26)17-4-8-19(25)9-5-17/h2-13,22-23H,14-15,24-25H2,1H3. The summed E-state index contributed by atoms with van der Waals surface area (Å²) in [5.41, 5.74) is 17.3. The van der Waals surface area contributed by atoms with E-state index in [2.05, 4.69) is 59.7 Å². The van der Waals surface area contributed by atoms with Crippen molar-refractivity contribution in [3.8, 4) is 0 Å². The Hall–Kier alpha value is -2.59. The Balaban J connectivity index is 1.74. The first-order valence-corrected chi connectivity index (χ1v) is 10.5. The number of hydrogen-bond acceptors (Lipinski definition) is 4. The Labute approximate surface area is 165 Å². The van der Waals surface area contributed by atoms with Crippen molar-refractivity contribution in [1.82, 2.24) is 0 Å². The highest BCUT2D eigenvalue weighted by atomic mass is 32.2. The Kier molecular flexibility index (Phi) is 4.99. The van der Waals surface area contributed by atoms with Crippen LogP contribution in [0.2, 0.25) is 0 Å². The van der Waals surface area contributed by atoms with E-state index in [1.165, 1.54) is 21.7 Å². The van der Waals surface area contributed by atoms with Gasteiger partial charge in [0.05, 0.1) is 12.1 Å². The second-order valence-electron chi connectivity index (χ2n) is 7.05. The third kappa shape index (κ3) is 3.62. The summed E-state index contributed by atoms with van der Waals surface area (Å²) in [7, 11) is 0. The third-order valence-corrected chi connectivity index (χ3v) is 6.14. The van der Waals surface area contributed by atoms with E-state index >= 15 is 0 Å². The summed E-state index contributed by atoms with van der Waals surface area (Å²) in [6, 6.07) is 26.2. The Morgan fingerprint density at radius 3 is 1.56 bits per heavy atom. The fraction of sp³-hybridized carbons (Fsp3) is 0.217. The van der Waals surface area contributed by atoms with Crippen molar-refractivity contribution in [3.05, 3.63) is 83.9 Å². The van der Waals surface area contributed by atoms with Crippen LogP contribution < -0.4 is 16.4 Å². The number of nitrogens with two attached hydrogens (primary N) is 2. The number of nitrogens with zero attached hydrogens (tertiary/aromatic N) is 1. The first-order valence-electron chi connectivity index (χ1n) is 9.29. The van der Waals surface area contributed by atoms with Gasteiger partial charge in [0.15, 0.2) is 0 Å². The molecule has 1 fully saturated rings. The number of anilines is 3. The van der Waals surface area contributed by atoms with E-state index in [1.807, 2.05) is 24.3 Å². The molecule has 1 aliphatic heterocycles. The Bertz CT molecular complexity index is 835. The summed E-state index contributed by atoms with van der Waals surface area (Å²) in [6.45, 7) is 0. The van der Waals surface area contributed by atoms with Crippen molar-refractivity contribution in [2.75, 3.05) is 22.6 Å². The number of rotatable bonds is 4. The van der Waals surface area contributed by atoms with Gasteiger partial charge in [0.25, 0.3) is 0 Å². The molecule has 0 aromatic heterocycles. The van der Waals surface area contributed by atoms with Gasteiger partial charge in [-0.05, 0) is 78.8 Å². The minimum atomic E-state index is 0.341. The molecule has 0 amide bonds. The predicted molar refractivity (Wildman–Crippen MR) is 117 cm³/mol. The van der Waals surface area contributed by atoms with Crippen molar-refractivity contribution >= 4 is 28.8 Å². The lowest BCUT2D eigenvalue weighted by molar-refractivity contribution is 0.674. The van der Waals surface area contributed by atoms with Gasteiger partial charge in [-0.3, -0.25) is 0 Å². The number of thioether (sulfide) groups is 1. The maximum absolute atomic E-state index is 5.91. The molecular formula is C23H25N3S. The highest BCUT2D eigenvalue weighted by Crippen LogP contribution is 2.47. The van der Waals surface area contributed by atoms with E-state index in [9.17, 15) is 0 Å². The first-order chi connectivity index (χ1) is 13.2. The lowest BCUT2D eigenvalue weighted by Crippen LogP contribution is -2.26. The summed E-state index contributed by atoms with van der Waals surface area (Å²) in [6.07, 6.45) is 4.34. The Morgan fingerprint density at radius 1 is 0.704 bits per heavy atom. The highest BCUT2D eigenvalue weighted by Gasteiger charge is 2.35. The largest absolute Gasteiger partial charge is 0.399 e. The zero-order valence-corrected chi connectivity index (χ0v) is 16.3. The summed E-state index contributed by atoms with van der Waals surface area (Å²) < 4.78 is 0. The molecular weight excluding hydrogens is 350 g/mol. The summed E-state index contributed by atoms with van der Waals surface area (Å²) in [5, 5.41) is 0. The quantitative estimate of drug-likeness (QED) is 0.457. The van der Waals surface area contributed by atoms with Crippen LogP contribution in [0, 0.1) is 0 Å². The van der Waals surface area contributed by atoms with Gasteiger partial charge < -0.3 is 16.4 Å². The van der Waals surface area contributed by atoms with Crippen LogP contribution in [0.5, 0.6) is 0 Å². The first kappa shape index (κ1) is 17.8. The molecule has 0 aliphatic carbocycles. The minimum absolute atomic E-state index is 0.341. The summed E-state index contributed by atoms with van der Waals surface area (Å²) in [5.74, 6) is 0. The molecule has 3 aromatic carbocycles. The fourth-order valence-electron chi connectivity index (χ4n) is 4.02. The smallest absolute Gasteiger partial charge is 0.0549 e. The molecule has 4 N–H and O–H groups in total. The van der Waals surface area contributed by atoms with Crippen LogP contribution in [-0.4, -0.2) is 6.26 Å². The van der Waals surface area contributed by atoms with E-state index in [0.29, 0.717) is 12.1 Å². The fourth-order valence-corrected chi connectivity index (χ4v) is 4.42. The predicted octanol–water partition coefficient (Wildman–Crippen LogP) is 5.66. The van der Waals surface area contributed by atoms with Gasteiger partial charge in [-0.1, -0.05) is 24.3 Å². The highest BCUT2D eigenvalue weighted by molar-refractivity contribution is 7.98. The zero-order valence-electron chi connectivity index (χ0n) is 15.5. The van der Waals surface area contributed by atoms with Crippen LogP contribution in [0.3, 0.4) is 0 Å². The number of hydrogen-bond donors (Lipinski definition) is 2. The molecule has 0 saturated carbocycles. The molecule has 1 saturated heterocycles. The molecule has 4 heteroatoms. The van der Waals surface area contributed by atoms with Crippen molar-refractivity contribution in [2.45, 2.75) is 29.8 Å². The molecule has 2 unspecified atom stereocenters. The van der Waals surface area contributed by atoms with Crippen LogP contribution in [0.25, 0.3) is 0 Å². The molecule has 0 bridgehead atoms. The van der Waals surface area contributed by atoms with Gasteiger partial charge in [-0.2, -0.15) is 0 Å². The van der Waals surface area contributed by atoms with Crippen LogP contribution in [0.1, 0.15) is 36.1 Å². The third-order valence-electron chi connectivity index (χ3n) is 5.40. The van der Waals surface area contributed by atoms with E-state index in [1.54, 1.807) is 11.8 Å². The van der Waals surface area contributed by atoms with Gasteiger partial charge in [0.1, 0.15) is 0 Å². The van der Waals surface area contributed by atoms with Crippen molar-refractivity contribution in [2.24, 2.45) is 0 Å². The maximum Gasteiger partial charge on any atom is 0.0549 e. The Morgan fingerprint density at radius 2 is 1.15 bits per heavy atom. The van der Waals surface area contributed by atoms with Gasteiger partial charge in [-0.25, -0.2) is 0 Å². The monoisotopic (exact) mass is 375 g/mol. The molecule has 138 valence electrons. The second kappa shape index (κ2) is 7.57. The van der Waals surface area contributed by atoms with E-state index < -0.39 is 0 Å². The van der Waals surface area contributed by atoms with Gasteiger partial charge in [-0.15, -0.1) is 11.8 Å². The van der Waals surface area contributed by atoms with E-state index in [-0.39, 0.29) is 0 Å². The normalized spacial score (nSPS) is 19.4. The summed E-state index contributed by atoms with van der Waals surface area (Å²) >= 11 is 1.77. The SMILES string of the molecule is CSc1ccc(N2C(c3ccc(N)cc3)CCC2c2ccc(N)cc2)cc1. The minimum Gasteiger partial charge on any atom is -0.399 e. The molecule has 1 heterocycles. The van der Waals surface area contributed by atoms with Crippen molar-refractivity contribution in [3.63, 3.8) is 0 Å². The summed E-state index contributed by atoms with van der Waals surface area (Å²) in [4.78, 5) is 3.84. The zero-order chi connectivity index (χ0) is 18.8. The van der Waals surface area contributed by atoms with Crippen LogP contribution in [0.4, 0.5) is 17.1 Å². The van der Waals surface area contributed by atoms with Crippen molar-refractivity contribution < 1.29 is 0 Å². The van der Waals surface area contributed by atoms with Crippen LogP contribution >= 0.6 is 11.8 Å². The molecule has 1 aliphatic rings. The van der Waals surface area contributed by atoms with E-state index in [4.69, 9.17) is 11.5 Å². The second-order valence-corrected chi connectivity index (χ2v) is 7.93. The van der Waals surface area contributed by atoms with Gasteiger partial charge >= 0.3 is 0 Å². The average molecular weight is 376 g/mol. The van der Waals surface area contributed by atoms with Gasteiger partial charge in [0, 0.05) is 22.0 Å². The van der Waals surface area contributed by atoms with E-state index in [0.717, 1.165) is 24.2 Å². The molecule has 2 atom stereocenters. The molecule has 0 spiro atoms. The lowest BCUT2D eigenvalue weighted by atomic mass is 10.0. The lowest BCUT2D eigenvalue weighted by Gasteiger charge is -2.33. The number of benzene rings is 3.